The van der Waals surface area contributed by atoms with Crippen LogP contribution in [0.5, 0.6) is 0 Å². The number of aliphatic carboxylic acids is 1. The normalized spacial score (nSPS) is 37.5. The van der Waals surface area contributed by atoms with Gasteiger partial charge in [-0.25, -0.2) is 14.6 Å². The lowest BCUT2D eigenvalue weighted by Gasteiger charge is -2.59. The number of aliphatic hydroxyl groups is 1. The maximum atomic E-state index is 12.9. The topological polar surface area (TPSA) is 179 Å². The molecule has 4 saturated heterocycles. The first-order valence-electron chi connectivity index (χ1n) is 15.1. The molecule has 238 valence electrons. The lowest BCUT2D eigenvalue weighted by molar-refractivity contribution is -0.576. The minimum absolute atomic E-state index is 0.00504. The highest BCUT2D eigenvalue weighted by molar-refractivity contribution is 5.91. The van der Waals surface area contributed by atoms with E-state index in [-0.39, 0.29) is 42.9 Å². The van der Waals surface area contributed by atoms with Gasteiger partial charge >= 0.3 is 11.9 Å². The molecule has 0 radical (unpaired) electrons. The average molecular weight is 599 g/mol. The van der Waals surface area contributed by atoms with E-state index in [1.54, 1.807) is 0 Å². The van der Waals surface area contributed by atoms with Crippen molar-refractivity contribution >= 4 is 23.8 Å². The fraction of sp³-hybridized carbons (Fsp3) is 0.862. The maximum absolute atomic E-state index is 12.9. The van der Waals surface area contributed by atoms with E-state index in [1.165, 1.54) is 6.92 Å². The molecule has 2 bridgehead atoms. The van der Waals surface area contributed by atoms with Crippen LogP contribution < -0.4 is 10.6 Å². The summed E-state index contributed by atoms with van der Waals surface area (Å²) in [5.74, 6) is -3.95. The van der Waals surface area contributed by atoms with Crippen LogP contribution in [0, 0.1) is 29.6 Å². The largest absolute Gasteiger partial charge is 0.480 e. The van der Waals surface area contributed by atoms with Crippen LogP contribution in [-0.4, -0.2) is 76.1 Å². The van der Waals surface area contributed by atoms with Crippen LogP contribution in [0.3, 0.4) is 0 Å². The number of carbonyl (C=O) groups excluding carboxylic acids is 3. The van der Waals surface area contributed by atoms with Gasteiger partial charge in [-0.1, -0.05) is 27.7 Å². The van der Waals surface area contributed by atoms with Gasteiger partial charge in [0.1, 0.15) is 6.04 Å². The number of ether oxygens (including phenoxy) is 3. The molecule has 42 heavy (non-hydrogen) atoms. The van der Waals surface area contributed by atoms with E-state index in [9.17, 15) is 29.4 Å². The fourth-order valence-corrected chi connectivity index (χ4v) is 7.02. The summed E-state index contributed by atoms with van der Waals surface area (Å²) in [5, 5.41) is 23.8. The third-order valence-corrected chi connectivity index (χ3v) is 9.31. The molecule has 4 aliphatic heterocycles. The number of carbonyl (C=O) groups is 4. The van der Waals surface area contributed by atoms with Crippen molar-refractivity contribution in [1.82, 2.24) is 10.6 Å². The van der Waals surface area contributed by atoms with Crippen LogP contribution in [0.15, 0.2) is 0 Å². The number of hydrogen-bond donors (Lipinski definition) is 4. The molecule has 1 saturated carbocycles. The van der Waals surface area contributed by atoms with Crippen LogP contribution in [0.4, 0.5) is 0 Å². The number of hydrogen-bond acceptors (Lipinski definition) is 10. The summed E-state index contributed by atoms with van der Waals surface area (Å²) in [6.07, 6.45) is 0.133. The monoisotopic (exact) mass is 598 g/mol. The number of nitrogens with one attached hydrogen (secondary N) is 2. The Morgan fingerprint density at radius 1 is 1.00 bits per heavy atom. The summed E-state index contributed by atoms with van der Waals surface area (Å²) in [7, 11) is 0. The molecule has 1 spiro atoms. The van der Waals surface area contributed by atoms with E-state index in [1.807, 2.05) is 27.7 Å². The first-order chi connectivity index (χ1) is 19.7. The Bertz CT molecular complexity index is 1040. The van der Waals surface area contributed by atoms with Crippen molar-refractivity contribution in [2.24, 2.45) is 29.6 Å². The number of rotatable bonds is 11. The minimum atomic E-state index is -1.52. The molecular formula is C29H46N2O11. The first-order valence-corrected chi connectivity index (χ1v) is 15.1. The molecule has 4 N–H and O–H groups in total. The molecule has 4 heterocycles. The number of carboxylic acids is 1. The summed E-state index contributed by atoms with van der Waals surface area (Å²) in [6.45, 7) is 10.9. The number of fused-ring (bicyclic) bond motifs is 2. The lowest BCUT2D eigenvalue weighted by Crippen LogP contribution is -2.70. The van der Waals surface area contributed by atoms with Crippen molar-refractivity contribution in [3.8, 4) is 0 Å². The van der Waals surface area contributed by atoms with Crippen LogP contribution >= 0.6 is 0 Å². The summed E-state index contributed by atoms with van der Waals surface area (Å²) in [5.41, 5.74) is -0.782. The van der Waals surface area contributed by atoms with Gasteiger partial charge in [-0.2, -0.15) is 0 Å². The Balaban J connectivity index is 1.35. The second kappa shape index (κ2) is 12.7. The van der Waals surface area contributed by atoms with Crippen molar-refractivity contribution in [1.29, 1.82) is 0 Å². The molecule has 0 unspecified atom stereocenters. The molecule has 0 aromatic heterocycles. The molecule has 5 aliphatic rings. The zero-order valence-electron chi connectivity index (χ0n) is 25.3. The zero-order valence-corrected chi connectivity index (χ0v) is 25.3. The molecule has 0 aromatic carbocycles. The van der Waals surface area contributed by atoms with E-state index in [0.29, 0.717) is 12.3 Å². The molecular weight excluding hydrogens is 552 g/mol. The SMILES string of the molecule is CC(C)C[C@H](NC(=O)CCC(=O)O[C@@H]1O[C@@H]2O[C@]3(C)CC[C@H]4[C@H](C)CC[C@@H]([C@H]1C)[C@@]24OO3)C(=O)N[C@H](C(=O)O)[C@H](C)O. The van der Waals surface area contributed by atoms with Crippen molar-refractivity contribution in [2.75, 3.05) is 0 Å². The summed E-state index contributed by atoms with van der Waals surface area (Å²) >= 11 is 0. The third-order valence-electron chi connectivity index (χ3n) is 9.31. The molecule has 1 aliphatic carbocycles. The smallest absolute Gasteiger partial charge is 0.328 e. The highest BCUT2D eigenvalue weighted by Crippen LogP contribution is 2.60. The van der Waals surface area contributed by atoms with E-state index < -0.39 is 65.9 Å². The van der Waals surface area contributed by atoms with Crippen LogP contribution in [-0.2, 0) is 43.2 Å². The molecule has 13 nitrogen and oxygen atoms in total. The predicted octanol–water partition coefficient (Wildman–Crippen LogP) is 2.00. The van der Waals surface area contributed by atoms with E-state index in [4.69, 9.17) is 24.0 Å². The molecule has 13 heteroatoms. The van der Waals surface area contributed by atoms with Gasteiger partial charge in [-0.05, 0) is 57.3 Å². The van der Waals surface area contributed by atoms with Gasteiger partial charge in [-0.3, -0.25) is 14.4 Å². The van der Waals surface area contributed by atoms with Gasteiger partial charge < -0.3 is 35.1 Å². The highest BCUT2D eigenvalue weighted by Gasteiger charge is 2.69. The Morgan fingerprint density at radius 3 is 2.36 bits per heavy atom. The van der Waals surface area contributed by atoms with Gasteiger partial charge in [0.25, 0.3) is 0 Å². The van der Waals surface area contributed by atoms with Gasteiger partial charge in [0.05, 0.1) is 12.5 Å². The first kappa shape index (κ1) is 32.6. The summed E-state index contributed by atoms with van der Waals surface area (Å²) < 4.78 is 18.3. The molecule has 11 atom stereocenters. The number of aliphatic hydroxyl groups excluding tert-OH is 1. The maximum Gasteiger partial charge on any atom is 0.328 e. The van der Waals surface area contributed by atoms with Gasteiger partial charge in [0, 0.05) is 24.7 Å². The summed E-state index contributed by atoms with van der Waals surface area (Å²) in [6, 6.07) is -2.56. The molecule has 0 aromatic rings. The van der Waals surface area contributed by atoms with Crippen molar-refractivity contribution in [3.05, 3.63) is 0 Å². The quantitative estimate of drug-likeness (QED) is 0.202. The van der Waals surface area contributed by atoms with E-state index >= 15 is 0 Å². The van der Waals surface area contributed by atoms with Gasteiger partial charge in [-0.15, -0.1) is 0 Å². The van der Waals surface area contributed by atoms with Gasteiger partial charge in [0.2, 0.25) is 23.9 Å². The number of amides is 2. The fourth-order valence-electron chi connectivity index (χ4n) is 7.02. The highest BCUT2D eigenvalue weighted by atomic mass is 17.3. The lowest BCUT2D eigenvalue weighted by atomic mass is 9.58. The predicted molar refractivity (Wildman–Crippen MR) is 145 cm³/mol. The van der Waals surface area contributed by atoms with Crippen LogP contribution in [0.2, 0.25) is 0 Å². The van der Waals surface area contributed by atoms with Gasteiger partial charge in [0.15, 0.2) is 17.9 Å². The van der Waals surface area contributed by atoms with E-state index in [2.05, 4.69) is 17.6 Å². The molecule has 2 amide bonds. The van der Waals surface area contributed by atoms with Crippen LogP contribution in [0.1, 0.15) is 86.5 Å². The Hall–Kier alpha value is -2.32. The zero-order chi connectivity index (χ0) is 31.0. The standard InChI is InChI=1S/C29H46N2O11/c1-14(2)13-20(24(35)31-23(17(5)32)25(36)37)30-21(33)9-10-22(34)38-26-16(4)19-8-7-15(3)18-11-12-28(6)40-27(39-26)29(18,19)42-41-28/h14-20,23,26-27,32H,7-13H2,1-6H3,(H,30,33)(H,31,35)(H,36,37)/t15-,16-,17+,18+,19+,20+,23+,26-,27-,28+,29-/m1/s1. The van der Waals surface area contributed by atoms with Crippen molar-refractivity contribution < 1.29 is 53.4 Å². The number of carboxylic acid groups (broad SMARTS) is 1. The Labute approximate surface area is 246 Å². The van der Waals surface area contributed by atoms with Crippen LogP contribution in [0.25, 0.3) is 0 Å². The Morgan fingerprint density at radius 2 is 1.71 bits per heavy atom. The minimum Gasteiger partial charge on any atom is -0.480 e. The average Bonchev–Trinajstić information content (AvgIpc) is 3.13. The van der Waals surface area contributed by atoms with Crippen molar-refractivity contribution in [3.63, 3.8) is 0 Å². The third kappa shape index (κ3) is 6.59. The van der Waals surface area contributed by atoms with E-state index in [0.717, 1.165) is 19.3 Å². The molecule has 5 rings (SSSR count). The number of esters is 1. The molecule has 5 fully saturated rings. The summed E-state index contributed by atoms with van der Waals surface area (Å²) in [4.78, 5) is 61.6. The Kier molecular flexibility index (Phi) is 9.88. The van der Waals surface area contributed by atoms with Crippen molar-refractivity contribution in [2.45, 2.75) is 129 Å². The second-order valence-corrected chi connectivity index (χ2v) is 13.1. The second-order valence-electron chi connectivity index (χ2n) is 13.1.